The van der Waals surface area contributed by atoms with Gasteiger partial charge < -0.3 is 19.1 Å². The second kappa shape index (κ2) is 8.70. The van der Waals surface area contributed by atoms with Crippen LogP contribution >= 0.6 is 0 Å². The first kappa shape index (κ1) is 22.3. The molecule has 10 heteroatoms. The van der Waals surface area contributed by atoms with Crippen LogP contribution in [0.5, 0.6) is 0 Å². The van der Waals surface area contributed by atoms with Crippen LogP contribution in [0.4, 0.5) is 10.5 Å². The van der Waals surface area contributed by atoms with Gasteiger partial charge in [0.15, 0.2) is 22.7 Å². The third kappa shape index (κ3) is 4.13. The first-order chi connectivity index (χ1) is 16.9. The number of nitrogens with zero attached hydrogens (tertiary/aromatic N) is 3. The number of hydrogen-bond donors (Lipinski definition) is 2. The Balaban J connectivity index is 1.27. The molecule has 1 unspecified atom stereocenters. The van der Waals surface area contributed by atoms with Crippen molar-refractivity contribution in [2.75, 3.05) is 18.5 Å². The molecule has 0 aliphatic carbocycles. The van der Waals surface area contributed by atoms with Gasteiger partial charge in [-0.2, -0.15) is 0 Å². The number of rotatable bonds is 5. The highest BCUT2D eigenvalue weighted by Gasteiger charge is 2.51. The Bertz CT molecular complexity index is 1400. The molecule has 176 valence electrons. The maximum Gasteiger partial charge on any atom is 0.412 e. The summed E-state index contributed by atoms with van der Waals surface area (Å²) >= 11 is 0. The van der Waals surface area contributed by atoms with E-state index in [-0.39, 0.29) is 18.9 Å². The average molecular weight is 472 g/mol. The van der Waals surface area contributed by atoms with E-state index >= 15 is 0 Å². The van der Waals surface area contributed by atoms with Gasteiger partial charge in [-0.15, -0.1) is 0 Å². The van der Waals surface area contributed by atoms with Crippen LogP contribution in [-0.4, -0.2) is 47.1 Å². The number of hydrogen-bond acceptors (Lipinski definition) is 8. The summed E-state index contributed by atoms with van der Waals surface area (Å²) in [5.74, 6) is 5.54. The predicted octanol–water partition coefficient (Wildman–Crippen LogP) is 3.42. The summed E-state index contributed by atoms with van der Waals surface area (Å²) in [5.41, 5.74) is 1.81. The number of benzene rings is 1. The molecule has 10 nitrogen and oxygen atoms in total. The zero-order valence-corrected chi connectivity index (χ0v) is 18.9. The molecular formula is C25H20N4O6. The first-order valence-electron chi connectivity index (χ1n) is 10.8. The van der Waals surface area contributed by atoms with E-state index in [9.17, 15) is 14.7 Å². The van der Waals surface area contributed by atoms with Crippen molar-refractivity contribution in [3.05, 3.63) is 70.8 Å². The van der Waals surface area contributed by atoms with E-state index in [1.165, 1.54) is 0 Å². The highest BCUT2D eigenvalue weighted by atomic mass is 16.6. The van der Waals surface area contributed by atoms with Gasteiger partial charge in [-0.1, -0.05) is 35.5 Å². The molecule has 1 atom stereocenters. The van der Waals surface area contributed by atoms with Crippen molar-refractivity contribution in [3.8, 4) is 11.8 Å². The van der Waals surface area contributed by atoms with Crippen LogP contribution in [0.25, 0.3) is 0 Å². The predicted molar refractivity (Wildman–Crippen MR) is 125 cm³/mol. The molecular weight excluding hydrogens is 452 g/mol. The third-order valence-electron chi connectivity index (χ3n) is 5.84. The standard InChI is InChI=1S/C25H20N4O6/c1-14(16-6-4-3-5-7-16)34-24(32)28-21-15(2)35-29-19(21)9-8-18-10-17-11-20(27-22(17)26-18)25(23(30)31)12-33-13-25/h3-7,10-11,14H,12-13H2,1-2H3,(H,28,32)(H,30,31). The molecule has 2 aromatic rings. The van der Waals surface area contributed by atoms with Gasteiger partial charge in [0.1, 0.15) is 17.5 Å². The van der Waals surface area contributed by atoms with Crippen LogP contribution in [0.3, 0.4) is 0 Å². The van der Waals surface area contributed by atoms with Gasteiger partial charge in [0.25, 0.3) is 0 Å². The molecule has 3 aliphatic rings. The number of ether oxygens (including phenoxy) is 2. The van der Waals surface area contributed by atoms with Gasteiger partial charge in [-0.25, -0.2) is 14.8 Å². The quantitative estimate of drug-likeness (QED) is 0.637. The van der Waals surface area contributed by atoms with Crippen molar-refractivity contribution in [2.24, 2.45) is 15.4 Å². The number of carbonyl (C=O) groups excluding carboxylic acids is 1. The highest BCUT2D eigenvalue weighted by Crippen LogP contribution is 2.41. The number of carbonyl (C=O) groups is 2. The fraction of sp³-hybridized carbons (Fsp3) is 0.240. The normalized spacial score (nSPS) is 18.0. The summed E-state index contributed by atoms with van der Waals surface area (Å²) in [4.78, 5) is 32.8. The number of amidine groups is 1. The molecule has 0 spiro atoms. The SMILES string of the molecule is Cc1onc(C#CC2=NC3=NC(C4(C(=O)O)COC4)=CC3=C2)c1NC(=O)OC(C)c1ccccc1. The van der Waals surface area contributed by atoms with Crippen LogP contribution < -0.4 is 5.32 Å². The Kier molecular flexibility index (Phi) is 5.55. The van der Waals surface area contributed by atoms with Crippen molar-refractivity contribution < 1.29 is 28.7 Å². The fourth-order valence-corrected chi connectivity index (χ4v) is 3.72. The maximum atomic E-state index is 12.4. The molecule has 0 saturated carbocycles. The molecule has 0 radical (unpaired) electrons. The smallest absolute Gasteiger partial charge is 0.412 e. The van der Waals surface area contributed by atoms with Gasteiger partial charge in [0.05, 0.1) is 18.9 Å². The monoisotopic (exact) mass is 472 g/mol. The van der Waals surface area contributed by atoms with Gasteiger partial charge in [-0.05, 0) is 43.4 Å². The zero-order valence-electron chi connectivity index (χ0n) is 18.9. The number of anilines is 1. The summed E-state index contributed by atoms with van der Waals surface area (Å²) in [5, 5.41) is 16.1. The largest absolute Gasteiger partial charge is 0.480 e. The molecule has 4 heterocycles. The molecule has 1 aromatic heterocycles. The Morgan fingerprint density at radius 2 is 1.94 bits per heavy atom. The topological polar surface area (TPSA) is 136 Å². The number of aryl methyl sites for hydroxylation is 1. The van der Waals surface area contributed by atoms with E-state index in [1.54, 1.807) is 26.0 Å². The first-order valence-corrected chi connectivity index (χ1v) is 10.8. The number of aliphatic imine (C=N–C) groups is 2. The minimum absolute atomic E-state index is 0.0858. The molecule has 5 rings (SSSR count). The lowest BCUT2D eigenvalue weighted by Gasteiger charge is -2.36. The van der Waals surface area contributed by atoms with E-state index in [4.69, 9.17) is 14.0 Å². The van der Waals surface area contributed by atoms with E-state index in [0.717, 1.165) is 5.56 Å². The summed E-state index contributed by atoms with van der Waals surface area (Å²) in [6.07, 6.45) is 2.30. The number of amides is 1. The Hall–Kier alpha value is -4.49. The van der Waals surface area contributed by atoms with Gasteiger partial charge >= 0.3 is 12.1 Å². The lowest BCUT2D eigenvalue weighted by atomic mass is 9.82. The highest BCUT2D eigenvalue weighted by molar-refractivity contribution is 6.26. The van der Waals surface area contributed by atoms with Crippen LogP contribution in [-0.2, 0) is 14.3 Å². The molecule has 3 aliphatic heterocycles. The molecule has 35 heavy (non-hydrogen) atoms. The number of carboxylic acid groups (broad SMARTS) is 1. The summed E-state index contributed by atoms with van der Waals surface area (Å²) in [7, 11) is 0. The fourth-order valence-electron chi connectivity index (χ4n) is 3.72. The zero-order chi connectivity index (χ0) is 24.6. The van der Waals surface area contributed by atoms with Crippen LogP contribution in [0.15, 0.2) is 68.3 Å². The molecule has 2 N–H and O–H groups in total. The lowest BCUT2D eigenvalue weighted by Crippen LogP contribution is -2.49. The number of fused-ring (bicyclic) bond motifs is 1. The minimum Gasteiger partial charge on any atom is -0.480 e. The minimum atomic E-state index is -1.12. The molecule has 1 saturated heterocycles. The Morgan fingerprint density at radius 3 is 2.60 bits per heavy atom. The van der Waals surface area contributed by atoms with E-state index in [0.29, 0.717) is 34.3 Å². The molecule has 0 bridgehead atoms. The van der Waals surface area contributed by atoms with E-state index < -0.39 is 23.6 Å². The van der Waals surface area contributed by atoms with Gasteiger partial charge in [0.2, 0.25) is 0 Å². The average Bonchev–Trinajstić information content (AvgIpc) is 3.46. The van der Waals surface area contributed by atoms with Crippen molar-refractivity contribution in [1.29, 1.82) is 0 Å². The van der Waals surface area contributed by atoms with E-state index in [1.807, 2.05) is 30.3 Å². The van der Waals surface area contributed by atoms with Crippen molar-refractivity contribution >= 4 is 29.3 Å². The third-order valence-corrected chi connectivity index (χ3v) is 5.84. The van der Waals surface area contributed by atoms with Gasteiger partial charge in [0, 0.05) is 5.57 Å². The number of allylic oxidation sites excluding steroid dienone is 1. The number of aromatic nitrogens is 1. The number of aliphatic carboxylic acids is 1. The van der Waals surface area contributed by atoms with Crippen molar-refractivity contribution in [3.63, 3.8) is 0 Å². The summed E-state index contributed by atoms with van der Waals surface area (Å²) in [6.45, 7) is 3.60. The lowest BCUT2D eigenvalue weighted by molar-refractivity contribution is -0.171. The van der Waals surface area contributed by atoms with Crippen molar-refractivity contribution in [2.45, 2.75) is 20.0 Å². The second-order valence-corrected chi connectivity index (χ2v) is 8.24. The van der Waals surface area contributed by atoms with Crippen LogP contribution in [0, 0.1) is 24.2 Å². The summed E-state index contributed by atoms with van der Waals surface area (Å²) in [6, 6.07) is 9.37. The van der Waals surface area contributed by atoms with Crippen molar-refractivity contribution in [1.82, 2.24) is 5.16 Å². The molecule has 1 fully saturated rings. The van der Waals surface area contributed by atoms with E-state index in [2.05, 4.69) is 32.3 Å². The van der Waals surface area contributed by atoms with Gasteiger partial charge in [-0.3, -0.25) is 10.1 Å². The second-order valence-electron chi connectivity index (χ2n) is 8.24. The van der Waals surface area contributed by atoms with Crippen LogP contribution in [0.2, 0.25) is 0 Å². The Morgan fingerprint density at radius 1 is 1.17 bits per heavy atom. The maximum absolute atomic E-state index is 12.4. The molecule has 1 aromatic carbocycles. The van der Waals surface area contributed by atoms with Crippen LogP contribution in [0.1, 0.15) is 30.0 Å². The number of nitrogens with one attached hydrogen (secondary N) is 1. The molecule has 1 amide bonds. The number of carboxylic acids is 1. The Labute approximate surface area is 200 Å². The summed E-state index contributed by atoms with van der Waals surface area (Å²) < 4.78 is 15.7.